The van der Waals surface area contributed by atoms with Crippen molar-refractivity contribution in [3.8, 4) is 0 Å². The molecule has 1 saturated heterocycles. The minimum atomic E-state index is -3.66. The van der Waals surface area contributed by atoms with E-state index in [9.17, 15) is 18.0 Å². The lowest BCUT2D eigenvalue weighted by Gasteiger charge is -2.13. The van der Waals surface area contributed by atoms with Gasteiger partial charge in [-0.25, -0.2) is 23.6 Å². The van der Waals surface area contributed by atoms with E-state index in [0.29, 0.717) is 6.42 Å². The fourth-order valence-electron chi connectivity index (χ4n) is 2.92. The molecule has 154 valence electrons. The van der Waals surface area contributed by atoms with E-state index in [2.05, 4.69) is 21.7 Å². The molecule has 3 rings (SSSR count). The predicted molar refractivity (Wildman–Crippen MR) is 107 cm³/mol. The molecule has 0 spiro atoms. The molecule has 2 atom stereocenters. The summed E-state index contributed by atoms with van der Waals surface area (Å²) < 4.78 is 25.5. The fourth-order valence-corrected chi connectivity index (χ4v) is 3.87. The molecule has 10 heteroatoms. The van der Waals surface area contributed by atoms with Crippen molar-refractivity contribution in [3.05, 3.63) is 65.7 Å². The molecule has 2 aromatic carbocycles. The fraction of sp³-hybridized carbons (Fsp3) is 0.263. The minimum Gasteiger partial charge on any atom is -0.271 e. The van der Waals surface area contributed by atoms with Crippen molar-refractivity contribution in [2.24, 2.45) is 0 Å². The highest BCUT2D eigenvalue weighted by Gasteiger charge is 2.30. The number of sulfonamides is 1. The molecule has 0 radical (unpaired) electrons. The molecule has 0 bridgehead atoms. The molecule has 0 aliphatic carbocycles. The first-order valence-corrected chi connectivity index (χ1v) is 10.4. The zero-order valence-electron chi connectivity index (χ0n) is 16.0. The van der Waals surface area contributed by atoms with Crippen LogP contribution in [0.1, 0.15) is 28.4 Å². The van der Waals surface area contributed by atoms with Crippen LogP contribution in [0.25, 0.3) is 0 Å². The van der Waals surface area contributed by atoms with Crippen LogP contribution < -0.4 is 21.7 Å². The largest absolute Gasteiger partial charge is 0.271 e. The zero-order chi connectivity index (χ0) is 21.0. The normalized spacial score (nSPS) is 19.1. The van der Waals surface area contributed by atoms with Gasteiger partial charge in [0, 0.05) is 25.7 Å². The van der Waals surface area contributed by atoms with Crippen molar-refractivity contribution in [1.29, 1.82) is 0 Å². The Morgan fingerprint density at radius 3 is 2.41 bits per heavy atom. The summed E-state index contributed by atoms with van der Waals surface area (Å²) >= 11 is 0. The van der Waals surface area contributed by atoms with E-state index in [1.165, 1.54) is 38.4 Å². The topological polar surface area (TPSA) is 120 Å². The maximum atomic E-state index is 12.3. The predicted octanol–water partition coefficient (Wildman–Crippen LogP) is 0.306. The number of nitrogens with one attached hydrogen (secondary N) is 4. The second-order valence-corrected chi connectivity index (χ2v) is 8.95. The third-order valence-corrected chi connectivity index (χ3v) is 6.41. The van der Waals surface area contributed by atoms with Gasteiger partial charge in [-0.3, -0.25) is 20.4 Å². The third kappa shape index (κ3) is 4.80. The van der Waals surface area contributed by atoms with Crippen LogP contribution in [-0.2, 0) is 14.8 Å². The average Bonchev–Trinajstić information content (AvgIpc) is 3.23. The summed E-state index contributed by atoms with van der Waals surface area (Å²) in [5, 5.41) is 0. The van der Waals surface area contributed by atoms with E-state index in [1.54, 1.807) is 0 Å². The monoisotopic (exact) mass is 417 g/mol. The summed E-state index contributed by atoms with van der Waals surface area (Å²) in [5.74, 6) is -1.01. The van der Waals surface area contributed by atoms with Gasteiger partial charge < -0.3 is 0 Å². The van der Waals surface area contributed by atoms with Crippen LogP contribution in [-0.4, -0.2) is 44.7 Å². The SMILES string of the molecule is CN(C)S(=O)(=O)c1cccc(C(=O)NNC(=O)C2CC(c3ccccc3)NN2)c1. The molecule has 2 unspecified atom stereocenters. The van der Waals surface area contributed by atoms with Crippen LogP contribution in [0.5, 0.6) is 0 Å². The number of benzene rings is 2. The number of hydrazine groups is 2. The summed E-state index contributed by atoms with van der Waals surface area (Å²) in [6.07, 6.45) is 0.516. The van der Waals surface area contributed by atoms with Crippen LogP contribution in [0.4, 0.5) is 0 Å². The molecule has 4 N–H and O–H groups in total. The van der Waals surface area contributed by atoms with Gasteiger partial charge >= 0.3 is 0 Å². The summed E-state index contributed by atoms with van der Waals surface area (Å²) in [6, 6.07) is 14.8. The molecular weight excluding hydrogens is 394 g/mol. The lowest BCUT2D eigenvalue weighted by molar-refractivity contribution is -0.123. The second kappa shape index (κ2) is 8.70. The van der Waals surface area contributed by atoms with Crippen molar-refractivity contribution in [2.75, 3.05) is 14.1 Å². The van der Waals surface area contributed by atoms with Gasteiger partial charge in [0.05, 0.1) is 4.90 Å². The van der Waals surface area contributed by atoms with Crippen LogP contribution in [0.15, 0.2) is 59.5 Å². The number of nitrogens with zero attached hydrogens (tertiary/aromatic N) is 1. The Balaban J connectivity index is 1.58. The van der Waals surface area contributed by atoms with Gasteiger partial charge in [0.2, 0.25) is 10.0 Å². The molecule has 1 aliphatic rings. The Morgan fingerprint density at radius 2 is 1.72 bits per heavy atom. The molecule has 29 heavy (non-hydrogen) atoms. The lowest BCUT2D eigenvalue weighted by Crippen LogP contribution is -2.50. The molecule has 1 heterocycles. The molecule has 1 aliphatic heterocycles. The average molecular weight is 417 g/mol. The Bertz CT molecular complexity index is 995. The Kier molecular flexibility index (Phi) is 6.28. The van der Waals surface area contributed by atoms with E-state index in [-0.39, 0.29) is 16.5 Å². The van der Waals surface area contributed by atoms with Crippen molar-refractivity contribution < 1.29 is 18.0 Å². The molecule has 2 aromatic rings. The molecule has 9 nitrogen and oxygen atoms in total. The van der Waals surface area contributed by atoms with E-state index < -0.39 is 27.9 Å². The van der Waals surface area contributed by atoms with Crippen LogP contribution in [0.2, 0.25) is 0 Å². The second-order valence-electron chi connectivity index (χ2n) is 6.80. The third-order valence-electron chi connectivity index (χ3n) is 4.60. The number of hydrogen-bond acceptors (Lipinski definition) is 6. The van der Waals surface area contributed by atoms with Crippen molar-refractivity contribution in [3.63, 3.8) is 0 Å². The van der Waals surface area contributed by atoms with Gasteiger partial charge in [-0.05, 0) is 30.2 Å². The minimum absolute atomic E-state index is 0.00570. The summed E-state index contributed by atoms with van der Waals surface area (Å²) in [7, 11) is -0.841. The van der Waals surface area contributed by atoms with Gasteiger partial charge in [0.1, 0.15) is 6.04 Å². The number of carbonyl (C=O) groups is 2. The number of hydrogen-bond donors (Lipinski definition) is 4. The Hall–Kier alpha value is -2.79. The summed E-state index contributed by atoms with van der Waals surface area (Å²) in [6.45, 7) is 0. The van der Waals surface area contributed by atoms with E-state index >= 15 is 0 Å². The van der Waals surface area contributed by atoms with Gasteiger partial charge in [-0.2, -0.15) is 0 Å². The smallest absolute Gasteiger partial charge is 0.269 e. The molecule has 2 amide bonds. The first kappa shape index (κ1) is 20.9. The van der Waals surface area contributed by atoms with Gasteiger partial charge in [0.15, 0.2) is 0 Å². The Labute approximate surface area is 169 Å². The molecular formula is C19H23N5O4S. The van der Waals surface area contributed by atoms with Crippen LogP contribution >= 0.6 is 0 Å². The maximum Gasteiger partial charge on any atom is 0.269 e. The molecule has 0 aromatic heterocycles. The number of rotatable bonds is 5. The highest BCUT2D eigenvalue weighted by Crippen LogP contribution is 2.21. The van der Waals surface area contributed by atoms with E-state index in [0.717, 1.165) is 9.87 Å². The van der Waals surface area contributed by atoms with Gasteiger partial charge in [0.25, 0.3) is 11.8 Å². The van der Waals surface area contributed by atoms with E-state index in [1.807, 2.05) is 30.3 Å². The zero-order valence-corrected chi connectivity index (χ0v) is 16.9. The van der Waals surface area contributed by atoms with Crippen LogP contribution in [0, 0.1) is 0 Å². The van der Waals surface area contributed by atoms with Gasteiger partial charge in [-0.1, -0.05) is 36.4 Å². The van der Waals surface area contributed by atoms with E-state index in [4.69, 9.17) is 0 Å². The van der Waals surface area contributed by atoms with Crippen molar-refractivity contribution >= 4 is 21.8 Å². The quantitative estimate of drug-likeness (QED) is 0.520. The highest BCUT2D eigenvalue weighted by atomic mass is 32.2. The molecule has 0 saturated carbocycles. The van der Waals surface area contributed by atoms with Crippen molar-refractivity contribution in [2.45, 2.75) is 23.4 Å². The summed E-state index contributed by atoms with van der Waals surface area (Å²) in [5.41, 5.74) is 11.8. The molecule has 1 fully saturated rings. The number of carbonyl (C=O) groups excluding carboxylic acids is 2. The highest BCUT2D eigenvalue weighted by molar-refractivity contribution is 7.89. The lowest BCUT2D eigenvalue weighted by atomic mass is 10.0. The standard InChI is InChI=1S/C19H23N5O4S/c1-24(2)29(27,28)15-10-6-9-14(11-15)18(25)22-23-19(26)17-12-16(20-21-17)13-7-4-3-5-8-13/h3-11,16-17,20-21H,12H2,1-2H3,(H,22,25)(H,23,26). The Morgan fingerprint density at radius 1 is 1.00 bits per heavy atom. The van der Waals surface area contributed by atoms with Crippen LogP contribution in [0.3, 0.4) is 0 Å². The first-order valence-electron chi connectivity index (χ1n) is 8.98. The summed E-state index contributed by atoms with van der Waals surface area (Å²) in [4.78, 5) is 24.7. The number of amides is 2. The van der Waals surface area contributed by atoms with Gasteiger partial charge in [-0.15, -0.1) is 0 Å². The maximum absolute atomic E-state index is 12.3. The first-order chi connectivity index (χ1) is 13.8. The van der Waals surface area contributed by atoms with Crippen molar-refractivity contribution in [1.82, 2.24) is 26.0 Å².